The van der Waals surface area contributed by atoms with Gasteiger partial charge < -0.3 is 10.6 Å². The first kappa shape index (κ1) is 10.3. The van der Waals surface area contributed by atoms with Crippen LogP contribution in [0.3, 0.4) is 0 Å². The first-order chi connectivity index (χ1) is 7.16. The predicted molar refractivity (Wildman–Crippen MR) is 58.9 cm³/mol. The molecule has 2 N–H and O–H groups in total. The van der Waals surface area contributed by atoms with Gasteiger partial charge in [-0.25, -0.2) is 4.98 Å². The van der Waals surface area contributed by atoms with Crippen LogP contribution < -0.4 is 10.6 Å². The van der Waals surface area contributed by atoms with Crippen LogP contribution in [0.1, 0.15) is 0 Å². The Balaban J connectivity index is 2.23. The number of nitro groups is 1. The number of halogens is 1. The van der Waals surface area contributed by atoms with Crippen molar-refractivity contribution < 1.29 is 4.92 Å². The molecule has 80 valence electrons. The van der Waals surface area contributed by atoms with E-state index >= 15 is 0 Å². The lowest BCUT2D eigenvalue weighted by atomic mass is 10.2. The summed E-state index contributed by atoms with van der Waals surface area (Å²) in [4.78, 5) is 14.3. The monoisotopic (exact) mass is 272 g/mol. The minimum absolute atomic E-state index is 0.00345. The van der Waals surface area contributed by atoms with E-state index in [4.69, 9.17) is 0 Å². The lowest BCUT2D eigenvalue weighted by Gasteiger charge is -2.28. The Hall–Kier alpha value is -1.21. The van der Waals surface area contributed by atoms with Gasteiger partial charge in [-0.2, -0.15) is 0 Å². The highest BCUT2D eigenvalue weighted by Gasteiger charge is 2.22. The Morgan fingerprint density at radius 2 is 2.40 bits per heavy atom. The van der Waals surface area contributed by atoms with Crippen LogP contribution in [0.4, 0.5) is 11.5 Å². The van der Waals surface area contributed by atoms with Crippen LogP contribution in [-0.2, 0) is 0 Å². The van der Waals surface area contributed by atoms with Gasteiger partial charge in [-0.3, -0.25) is 10.1 Å². The molecule has 0 aliphatic carbocycles. The van der Waals surface area contributed by atoms with E-state index in [1.54, 1.807) is 6.20 Å². The fourth-order valence-corrected chi connectivity index (χ4v) is 1.58. The Kier molecular flexibility index (Phi) is 2.83. The van der Waals surface area contributed by atoms with E-state index in [2.05, 4.69) is 31.5 Å². The Bertz CT molecular complexity index is 394. The summed E-state index contributed by atoms with van der Waals surface area (Å²) in [6.45, 7) is 1.63. The Morgan fingerprint density at radius 1 is 1.67 bits per heavy atom. The highest BCUT2D eigenvalue weighted by atomic mass is 79.9. The van der Waals surface area contributed by atoms with Gasteiger partial charge in [-0.15, -0.1) is 0 Å². The Labute approximate surface area is 94.4 Å². The van der Waals surface area contributed by atoms with E-state index < -0.39 is 4.92 Å². The number of aromatic nitrogens is 1. The second-order valence-electron chi connectivity index (χ2n) is 3.28. The molecule has 0 unspecified atom stereocenters. The van der Waals surface area contributed by atoms with Crippen molar-refractivity contribution in [2.75, 3.05) is 18.4 Å². The highest BCUT2D eigenvalue weighted by molar-refractivity contribution is 9.10. The summed E-state index contributed by atoms with van der Waals surface area (Å²) in [7, 11) is 0. The van der Waals surface area contributed by atoms with E-state index in [-0.39, 0.29) is 11.7 Å². The van der Waals surface area contributed by atoms with Crippen molar-refractivity contribution in [1.82, 2.24) is 10.3 Å². The maximum Gasteiger partial charge on any atom is 0.312 e. The summed E-state index contributed by atoms with van der Waals surface area (Å²) in [6.07, 6.45) is 1.54. The molecular weight excluding hydrogens is 264 g/mol. The Morgan fingerprint density at radius 3 is 2.93 bits per heavy atom. The zero-order valence-corrected chi connectivity index (χ0v) is 9.32. The van der Waals surface area contributed by atoms with Crippen LogP contribution in [0.5, 0.6) is 0 Å². The van der Waals surface area contributed by atoms with Crippen molar-refractivity contribution >= 4 is 27.4 Å². The maximum atomic E-state index is 10.8. The summed E-state index contributed by atoms with van der Waals surface area (Å²) in [5, 5.41) is 16.8. The number of nitrogens with zero attached hydrogens (tertiary/aromatic N) is 2. The minimum Gasteiger partial charge on any atom is -0.359 e. The number of hydrogen-bond donors (Lipinski definition) is 2. The smallest absolute Gasteiger partial charge is 0.312 e. The number of hydrogen-bond acceptors (Lipinski definition) is 5. The maximum absolute atomic E-state index is 10.8. The first-order valence-electron chi connectivity index (χ1n) is 4.44. The quantitative estimate of drug-likeness (QED) is 0.637. The number of pyridine rings is 1. The summed E-state index contributed by atoms with van der Waals surface area (Å²) in [5.41, 5.74) is -0.00345. The molecule has 0 aromatic carbocycles. The number of nitrogens with one attached hydrogen (secondary N) is 2. The summed E-state index contributed by atoms with van der Waals surface area (Å²) in [5.74, 6) is 0.328. The molecule has 1 aromatic heterocycles. The highest BCUT2D eigenvalue weighted by Crippen LogP contribution is 2.25. The summed E-state index contributed by atoms with van der Waals surface area (Å²) < 4.78 is 0.603. The molecule has 1 aromatic rings. The summed E-state index contributed by atoms with van der Waals surface area (Å²) >= 11 is 3.15. The molecule has 0 bridgehead atoms. The van der Waals surface area contributed by atoms with E-state index in [0.717, 1.165) is 13.1 Å². The molecule has 0 amide bonds. The molecule has 0 saturated carbocycles. The predicted octanol–water partition coefficient (Wildman–Crippen LogP) is 1.14. The third-order valence-electron chi connectivity index (χ3n) is 2.15. The number of anilines is 1. The average molecular weight is 273 g/mol. The van der Waals surface area contributed by atoms with Crippen molar-refractivity contribution in [2.45, 2.75) is 6.04 Å². The largest absolute Gasteiger partial charge is 0.359 e. The van der Waals surface area contributed by atoms with Crippen LogP contribution in [0.15, 0.2) is 16.7 Å². The van der Waals surface area contributed by atoms with Gasteiger partial charge in [0.05, 0.1) is 11.0 Å². The zero-order chi connectivity index (χ0) is 10.8. The van der Waals surface area contributed by atoms with Gasteiger partial charge in [-0.1, -0.05) is 0 Å². The molecule has 0 atom stereocenters. The van der Waals surface area contributed by atoms with Gasteiger partial charge in [0.2, 0.25) is 5.82 Å². The first-order valence-corrected chi connectivity index (χ1v) is 5.23. The molecule has 6 nitrogen and oxygen atoms in total. The fourth-order valence-electron chi connectivity index (χ4n) is 1.26. The van der Waals surface area contributed by atoms with E-state index in [0.29, 0.717) is 10.3 Å². The second kappa shape index (κ2) is 4.11. The molecule has 1 fully saturated rings. The molecule has 2 rings (SSSR count). The molecule has 1 saturated heterocycles. The van der Waals surface area contributed by atoms with Crippen LogP contribution in [0, 0.1) is 10.1 Å². The molecule has 2 heterocycles. The SMILES string of the molecule is O=[N+]([O-])c1cc(Br)cnc1NC1CNC1. The van der Waals surface area contributed by atoms with Crippen LogP contribution in [0.25, 0.3) is 0 Å². The van der Waals surface area contributed by atoms with Crippen molar-refractivity contribution in [3.05, 3.63) is 26.9 Å². The lowest BCUT2D eigenvalue weighted by molar-refractivity contribution is -0.384. The van der Waals surface area contributed by atoms with E-state index in [9.17, 15) is 10.1 Å². The molecule has 1 aliphatic rings. The number of rotatable bonds is 3. The minimum atomic E-state index is -0.438. The van der Waals surface area contributed by atoms with Crippen LogP contribution in [0.2, 0.25) is 0 Å². The lowest BCUT2D eigenvalue weighted by Crippen LogP contribution is -2.51. The summed E-state index contributed by atoms with van der Waals surface area (Å²) in [6, 6.07) is 1.68. The molecule has 0 spiro atoms. The van der Waals surface area contributed by atoms with Gasteiger partial charge in [0.25, 0.3) is 0 Å². The van der Waals surface area contributed by atoms with Crippen LogP contribution >= 0.6 is 15.9 Å². The third-order valence-corrected chi connectivity index (χ3v) is 2.59. The van der Waals surface area contributed by atoms with Gasteiger partial charge >= 0.3 is 5.69 Å². The van der Waals surface area contributed by atoms with Gasteiger partial charge in [0, 0.05) is 29.8 Å². The molecule has 15 heavy (non-hydrogen) atoms. The van der Waals surface area contributed by atoms with E-state index in [1.807, 2.05) is 0 Å². The van der Waals surface area contributed by atoms with Gasteiger partial charge in [-0.05, 0) is 15.9 Å². The van der Waals surface area contributed by atoms with Crippen LogP contribution in [-0.4, -0.2) is 29.0 Å². The molecule has 1 aliphatic heterocycles. The zero-order valence-electron chi connectivity index (χ0n) is 7.74. The standard InChI is InChI=1S/C8H9BrN4O2/c9-5-1-7(13(14)15)8(11-2-5)12-6-3-10-4-6/h1-2,6,10H,3-4H2,(H,11,12). The van der Waals surface area contributed by atoms with Crippen molar-refractivity contribution in [3.63, 3.8) is 0 Å². The van der Waals surface area contributed by atoms with Crippen molar-refractivity contribution in [2.24, 2.45) is 0 Å². The van der Waals surface area contributed by atoms with Crippen molar-refractivity contribution in [1.29, 1.82) is 0 Å². The van der Waals surface area contributed by atoms with Gasteiger partial charge in [0.1, 0.15) is 0 Å². The van der Waals surface area contributed by atoms with Gasteiger partial charge in [0.15, 0.2) is 0 Å². The normalized spacial score (nSPS) is 15.8. The fraction of sp³-hybridized carbons (Fsp3) is 0.375. The average Bonchev–Trinajstić information content (AvgIpc) is 2.12. The molecule has 7 heteroatoms. The molecule has 0 radical (unpaired) electrons. The van der Waals surface area contributed by atoms with Crippen molar-refractivity contribution in [3.8, 4) is 0 Å². The third kappa shape index (κ3) is 2.24. The second-order valence-corrected chi connectivity index (χ2v) is 4.19. The molecular formula is C8H9BrN4O2. The van der Waals surface area contributed by atoms with E-state index in [1.165, 1.54) is 6.07 Å². The topological polar surface area (TPSA) is 80.1 Å².